The third-order valence-electron chi connectivity index (χ3n) is 5.50. The van der Waals surface area contributed by atoms with Crippen LogP contribution in [-0.2, 0) is 13.1 Å². The molecule has 0 spiro atoms. The van der Waals surface area contributed by atoms with Gasteiger partial charge >= 0.3 is 5.97 Å². The third-order valence-corrected chi connectivity index (χ3v) is 5.50. The number of hydrogen-bond donors (Lipinski definition) is 3. The van der Waals surface area contributed by atoms with Crippen molar-refractivity contribution < 1.29 is 32.9 Å². The molecule has 182 valence electrons. The van der Waals surface area contributed by atoms with Gasteiger partial charge in [-0.25, -0.2) is 18.0 Å². The quantitative estimate of drug-likeness (QED) is 0.432. The first-order valence-electron chi connectivity index (χ1n) is 10.4. The number of carboxylic acids is 1. The number of aliphatic hydroxyl groups excluding tert-OH is 1. The molecule has 1 aromatic carbocycles. The molecule has 0 aliphatic rings. The molecule has 2 heterocycles. The maximum atomic E-state index is 13.9. The highest BCUT2D eigenvalue weighted by Crippen LogP contribution is 2.26. The maximum absolute atomic E-state index is 13.9. The summed E-state index contributed by atoms with van der Waals surface area (Å²) in [6.45, 7) is 2.99. The number of nitrogens with one attached hydrogen (secondary N) is 1. The summed E-state index contributed by atoms with van der Waals surface area (Å²) in [6.07, 6.45) is 1.15. The average Bonchev–Trinajstić information content (AvgIpc) is 2.76. The Hall–Kier alpha value is -3.44. The summed E-state index contributed by atoms with van der Waals surface area (Å²) in [5.41, 5.74) is -1.18. The number of aliphatic hydroxyl groups is 1. The highest BCUT2D eigenvalue weighted by Gasteiger charge is 2.23. The van der Waals surface area contributed by atoms with Crippen LogP contribution >= 0.6 is 0 Å². The van der Waals surface area contributed by atoms with Crippen LogP contribution in [0.3, 0.4) is 0 Å². The second-order valence-corrected chi connectivity index (χ2v) is 8.06. The molecule has 3 rings (SSSR count). The van der Waals surface area contributed by atoms with Crippen LogP contribution in [0.5, 0.6) is 5.88 Å². The van der Waals surface area contributed by atoms with E-state index < -0.39 is 40.5 Å². The molecule has 0 amide bonds. The Morgan fingerprint density at radius 3 is 2.35 bits per heavy atom. The summed E-state index contributed by atoms with van der Waals surface area (Å²) >= 11 is 0. The van der Waals surface area contributed by atoms with Gasteiger partial charge in [0.15, 0.2) is 0 Å². The summed E-state index contributed by atoms with van der Waals surface area (Å²) in [7, 11) is 1.34. The average molecular weight is 479 g/mol. The Kier molecular flexibility index (Phi) is 7.57. The minimum absolute atomic E-state index is 0.0178. The van der Waals surface area contributed by atoms with Crippen molar-refractivity contribution in [1.29, 1.82) is 0 Å². The highest BCUT2D eigenvalue weighted by molar-refractivity contribution is 5.92. The summed E-state index contributed by atoms with van der Waals surface area (Å²) in [5, 5.41) is 22.2. The van der Waals surface area contributed by atoms with Crippen LogP contribution in [0.15, 0.2) is 29.2 Å². The number of halogens is 3. The zero-order chi connectivity index (χ0) is 25.2. The SMILES string of the molecule is COc1nc2c(cc1CNCc1c(F)cc(F)cc1F)c(=O)c(C(=O)O)cn2[C@H](CO)C(C)C. The zero-order valence-corrected chi connectivity index (χ0v) is 18.7. The van der Waals surface area contributed by atoms with E-state index in [1.54, 1.807) is 0 Å². The number of nitrogens with zero attached hydrogens (tertiary/aromatic N) is 2. The van der Waals surface area contributed by atoms with Gasteiger partial charge in [-0.2, -0.15) is 4.98 Å². The van der Waals surface area contributed by atoms with Gasteiger partial charge in [0.05, 0.1) is 25.1 Å². The Morgan fingerprint density at radius 2 is 1.82 bits per heavy atom. The molecule has 11 heteroatoms. The number of carboxylic acid groups (broad SMARTS) is 1. The fourth-order valence-electron chi connectivity index (χ4n) is 3.69. The maximum Gasteiger partial charge on any atom is 0.341 e. The third kappa shape index (κ3) is 4.90. The molecule has 34 heavy (non-hydrogen) atoms. The molecular formula is C23H24F3N3O5. The fraction of sp³-hybridized carbons (Fsp3) is 0.348. The first-order chi connectivity index (χ1) is 16.1. The molecule has 2 aromatic heterocycles. The van der Waals surface area contributed by atoms with Crippen molar-refractivity contribution >= 4 is 17.0 Å². The van der Waals surface area contributed by atoms with Crippen molar-refractivity contribution in [2.45, 2.75) is 33.0 Å². The van der Waals surface area contributed by atoms with E-state index >= 15 is 0 Å². The van der Waals surface area contributed by atoms with Gasteiger partial charge in [-0.05, 0) is 12.0 Å². The summed E-state index contributed by atoms with van der Waals surface area (Å²) in [5.74, 6) is -4.59. The Balaban J connectivity index is 2.07. The van der Waals surface area contributed by atoms with Gasteiger partial charge in [0.1, 0.15) is 28.7 Å². The molecule has 3 N–H and O–H groups in total. The van der Waals surface area contributed by atoms with Gasteiger partial charge in [0.2, 0.25) is 11.3 Å². The van der Waals surface area contributed by atoms with Crippen molar-refractivity contribution in [3.8, 4) is 5.88 Å². The number of benzene rings is 1. The number of fused-ring (bicyclic) bond motifs is 1. The number of aromatic carboxylic acids is 1. The molecule has 0 unspecified atom stereocenters. The number of carbonyl (C=O) groups is 1. The number of pyridine rings is 2. The van der Waals surface area contributed by atoms with Crippen LogP contribution < -0.4 is 15.5 Å². The Labute approximate surface area is 192 Å². The minimum Gasteiger partial charge on any atom is -0.481 e. The van der Waals surface area contributed by atoms with Crippen molar-refractivity contribution in [2.75, 3.05) is 13.7 Å². The van der Waals surface area contributed by atoms with Crippen LogP contribution in [0.4, 0.5) is 13.2 Å². The lowest BCUT2D eigenvalue weighted by atomic mass is 10.0. The minimum atomic E-state index is -1.43. The predicted octanol–water partition coefficient (Wildman–Crippen LogP) is 3.00. The van der Waals surface area contributed by atoms with Crippen LogP contribution in [0.25, 0.3) is 11.0 Å². The van der Waals surface area contributed by atoms with Gasteiger partial charge in [-0.15, -0.1) is 0 Å². The van der Waals surface area contributed by atoms with E-state index in [0.717, 1.165) is 6.20 Å². The van der Waals surface area contributed by atoms with Crippen molar-refractivity contribution in [3.63, 3.8) is 0 Å². The van der Waals surface area contributed by atoms with E-state index in [4.69, 9.17) is 4.74 Å². The molecule has 0 saturated carbocycles. The molecule has 0 aliphatic heterocycles. The molecule has 1 atom stereocenters. The Morgan fingerprint density at radius 1 is 1.18 bits per heavy atom. The van der Waals surface area contributed by atoms with Gasteiger partial charge in [0, 0.05) is 42.5 Å². The van der Waals surface area contributed by atoms with Crippen LogP contribution in [0.1, 0.15) is 41.4 Å². The van der Waals surface area contributed by atoms with E-state index in [1.807, 2.05) is 13.8 Å². The number of methoxy groups -OCH3 is 1. The van der Waals surface area contributed by atoms with Crippen molar-refractivity contribution in [2.24, 2.45) is 5.92 Å². The predicted molar refractivity (Wildman–Crippen MR) is 117 cm³/mol. The van der Waals surface area contributed by atoms with Gasteiger partial charge in [0.25, 0.3) is 0 Å². The van der Waals surface area contributed by atoms with Crippen LogP contribution in [-0.4, -0.2) is 39.5 Å². The van der Waals surface area contributed by atoms with Crippen molar-refractivity contribution in [3.05, 3.63) is 68.8 Å². The second-order valence-electron chi connectivity index (χ2n) is 8.06. The molecule has 0 saturated heterocycles. The molecule has 3 aromatic rings. The molecule has 0 bridgehead atoms. The first kappa shape index (κ1) is 25.2. The van der Waals surface area contributed by atoms with Gasteiger partial charge in [-0.3, -0.25) is 4.79 Å². The van der Waals surface area contributed by atoms with Crippen molar-refractivity contribution in [1.82, 2.24) is 14.9 Å². The topological polar surface area (TPSA) is 114 Å². The van der Waals surface area contributed by atoms with Crippen LogP contribution in [0.2, 0.25) is 0 Å². The number of ether oxygens (including phenoxy) is 1. The van der Waals surface area contributed by atoms with E-state index in [9.17, 15) is 33.0 Å². The summed E-state index contributed by atoms with van der Waals surface area (Å²) in [6, 6.07) is 1.97. The number of hydrogen-bond acceptors (Lipinski definition) is 6. The zero-order valence-electron chi connectivity index (χ0n) is 18.7. The lowest BCUT2D eigenvalue weighted by Gasteiger charge is -2.24. The molecular weight excluding hydrogens is 455 g/mol. The monoisotopic (exact) mass is 479 g/mol. The van der Waals surface area contributed by atoms with E-state index in [2.05, 4.69) is 10.3 Å². The Bertz CT molecular complexity index is 1270. The first-order valence-corrected chi connectivity index (χ1v) is 10.4. The highest BCUT2D eigenvalue weighted by atomic mass is 19.1. The summed E-state index contributed by atoms with van der Waals surface area (Å²) < 4.78 is 47.7. The second kappa shape index (κ2) is 10.2. The molecule has 0 fully saturated rings. The molecule has 0 aliphatic carbocycles. The summed E-state index contributed by atoms with van der Waals surface area (Å²) in [4.78, 5) is 28.9. The lowest BCUT2D eigenvalue weighted by Crippen LogP contribution is -2.26. The van der Waals surface area contributed by atoms with E-state index in [-0.39, 0.29) is 48.1 Å². The molecule has 8 nitrogen and oxygen atoms in total. The van der Waals surface area contributed by atoms with Crippen LogP contribution in [0, 0.1) is 23.4 Å². The normalized spacial score (nSPS) is 12.4. The fourth-order valence-corrected chi connectivity index (χ4v) is 3.69. The van der Waals surface area contributed by atoms with Gasteiger partial charge < -0.3 is 24.8 Å². The van der Waals surface area contributed by atoms with E-state index in [0.29, 0.717) is 17.7 Å². The van der Waals surface area contributed by atoms with Gasteiger partial charge in [-0.1, -0.05) is 13.8 Å². The standard InChI is InChI=1S/C23H24F3N3O5/c1-11(2)19(10-30)29-9-16(23(32)33)20(31)14-4-12(22(34-3)28-21(14)29)7-27-8-15-17(25)5-13(24)6-18(15)26/h4-6,9,11,19,27,30H,7-8,10H2,1-3H3,(H,32,33)/t19-/m1/s1. The molecule has 0 radical (unpaired) electrons. The largest absolute Gasteiger partial charge is 0.481 e. The van der Waals surface area contributed by atoms with E-state index in [1.165, 1.54) is 17.7 Å². The smallest absolute Gasteiger partial charge is 0.341 e. The number of aromatic nitrogens is 2. The lowest BCUT2D eigenvalue weighted by molar-refractivity contribution is 0.0694. The number of rotatable bonds is 9.